The minimum Gasteiger partial charge on any atom is -0.353 e. The van der Waals surface area contributed by atoms with Gasteiger partial charge in [-0.25, -0.2) is 14.5 Å². The highest BCUT2D eigenvalue weighted by atomic mass is 15.4. The van der Waals surface area contributed by atoms with Crippen LogP contribution in [0.1, 0.15) is 18.5 Å². The Labute approximate surface area is 150 Å². The third-order valence-electron chi connectivity index (χ3n) is 5.09. The average molecular weight is 348 g/mol. The maximum absolute atomic E-state index is 4.79. The fourth-order valence-corrected chi connectivity index (χ4v) is 3.67. The Bertz CT molecular complexity index is 1080. The molecule has 1 aliphatic rings. The largest absolute Gasteiger partial charge is 0.353 e. The lowest BCUT2D eigenvalue weighted by Crippen LogP contribution is -2.20. The second-order valence-corrected chi connectivity index (χ2v) is 6.64. The topological polar surface area (TPSA) is 69.1 Å². The molecule has 0 unspecified atom stereocenters. The molecule has 0 atom stereocenters. The van der Waals surface area contributed by atoms with E-state index < -0.39 is 0 Å². The SMILES string of the molecule is Cc1c(-n2ccnc2-c2cnn3cccnc23)c(N2CCCC2)nn1C. The Balaban J connectivity index is 1.71. The van der Waals surface area contributed by atoms with Crippen molar-refractivity contribution in [2.45, 2.75) is 19.8 Å². The molecule has 8 nitrogen and oxygen atoms in total. The molecule has 8 heteroatoms. The van der Waals surface area contributed by atoms with Gasteiger partial charge in [-0.2, -0.15) is 10.2 Å². The van der Waals surface area contributed by atoms with Gasteiger partial charge in [-0.3, -0.25) is 9.25 Å². The Morgan fingerprint density at radius 3 is 2.73 bits per heavy atom. The van der Waals surface area contributed by atoms with E-state index in [1.807, 2.05) is 42.6 Å². The van der Waals surface area contributed by atoms with Crippen LogP contribution in [-0.2, 0) is 7.05 Å². The zero-order valence-corrected chi connectivity index (χ0v) is 14.9. The molecule has 1 aliphatic heterocycles. The lowest BCUT2D eigenvalue weighted by molar-refractivity contribution is 0.730. The number of aryl methyl sites for hydroxylation is 1. The minimum atomic E-state index is 0.796. The molecule has 1 fully saturated rings. The van der Waals surface area contributed by atoms with Crippen LogP contribution < -0.4 is 4.90 Å². The normalized spacial score (nSPS) is 14.6. The first-order valence-electron chi connectivity index (χ1n) is 8.85. The molecule has 4 aromatic rings. The maximum Gasteiger partial charge on any atom is 0.175 e. The molecule has 5 heterocycles. The van der Waals surface area contributed by atoms with Crippen molar-refractivity contribution < 1.29 is 0 Å². The van der Waals surface area contributed by atoms with Crippen LogP contribution in [-0.4, -0.2) is 47.0 Å². The second kappa shape index (κ2) is 5.69. The molecule has 0 amide bonds. The highest BCUT2D eigenvalue weighted by Gasteiger charge is 2.25. The van der Waals surface area contributed by atoms with Crippen molar-refractivity contribution in [3.8, 4) is 17.1 Å². The van der Waals surface area contributed by atoms with Gasteiger partial charge in [0.15, 0.2) is 11.5 Å². The van der Waals surface area contributed by atoms with Gasteiger partial charge in [0.25, 0.3) is 0 Å². The van der Waals surface area contributed by atoms with E-state index in [0.717, 1.165) is 47.3 Å². The predicted molar refractivity (Wildman–Crippen MR) is 98.5 cm³/mol. The van der Waals surface area contributed by atoms with Crippen LogP contribution in [0.4, 0.5) is 5.82 Å². The Hall–Kier alpha value is -3.16. The highest BCUT2D eigenvalue weighted by molar-refractivity contribution is 5.75. The molecule has 0 spiro atoms. The number of aromatic nitrogens is 7. The summed E-state index contributed by atoms with van der Waals surface area (Å²) in [4.78, 5) is 11.5. The molecular formula is C18H20N8. The summed E-state index contributed by atoms with van der Waals surface area (Å²) in [6.07, 6.45) is 11.7. The van der Waals surface area contributed by atoms with Crippen LogP contribution in [0.3, 0.4) is 0 Å². The first-order chi connectivity index (χ1) is 12.7. The number of anilines is 1. The summed E-state index contributed by atoms with van der Waals surface area (Å²) >= 11 is 0. The summed E-state index contributed by atoms with van der Waals surface area (Å²) in [5.74, 6) is 1.85. The first kappa shape index (κ1) is 15.1. The summed E-state index contributed by atoms with van der Waals surface area (Å²) in [6, 6.07) is 1.87. The molecular weight excluding hydrogens is 328 g/mol. The quantitative estimate of drug-likeness (QED) is 0.568. The molecule has 1 saturated heterocycles. The molecule has 0 aliphatic carbocycles. The number of hydrogen-bond donors (Lipinski definition) is 0. The van der Waals surface area contributed by atoms with Crippen LogP contribution in [0.2, 0.25) is 0 Å². The van der Waals surface area contributed by atoms with E-state index in [4.69, 9.17) is 5.10 Å². The van der Waals surface area contributed by atoms with Gasteiger partial charge < -0.3 is 4.90 Å². The van der Waals surface area contributed by atoms with Crippen molar-refractivity contribution in [1.82, 2.24) is 33.9 Å². The lowest BCUT2D eigenvalue weighted by Gasteiger charge is -2.17. The third kappa shape index (κ3) is 2.15. The zero-order chi connectivity index (χ0) is 17.7. The van der Waals surface area contributed by atoms with Gasteiger partial charge in [0.2, 0.25) is 0 Å². The van der Waals surface area contributed by atoms with Crippen molar-refractivity contribution in [2.75, 3.05) is 18.0 Å². The number of nitrogens with zero attached hydrogens (tertiary/aromatic N) is 8. The van der Waals surface area contributed by atoms with Gasteiger partial charge >= 0.3 is 0 Å². The Morgan fingerprint density at radius 2 is 1.88 bits per heavy atom. The molecule has 0 aromatic carbocycles. The number of imidazole rings is 1. The standard InChI is InChI=1S/C18H20N8/c1-13-15(18(22-23(13)2)24-8-3-4-9-24)25-11-7-20-16(25)14-12-21-26-10-5-6-19-17(14)26/h5-7,10-12H,3-4,8-9H2,1-2H3. The van der Waals surface area contributed by atoms with Crippen molar-refractivity contribution in [2.24, 2.45) is 7.05 Å². The minimum absolute atomic E-state index is 0.796. The smallest absolute Gasteiger partial charge is 0.175 e. The van der Waals surface area contributed by atoms with Crippen molar-refractivity contribution in [3.05, 3.63) is 42.7 Å². The Morgan fingerprint density at radius 1 is 1.04 bits per heavy atom. The van der Waals surface area contributed by atoms with Gasteiger partial charge in [0.05, 0.1) is 17.5 Å². The summed E-state index contributed by atoms with van der Waals surface area (Å²) in [5.41, 5.74) is 3.89. The van der Waals surface area contributed by atoms with Gasteiger partial charge in [-0.15, -0.1) is 0 Å². The van der Waals surface area contributed by atoms with Gasteiger partial charge in [0.1, 0.15) is 11.5 Å². The van der Waals surface area contributed by atoms with E-state index >= 15 is 0 Å². The van der Waals surface area contributed by atoms with E-state index in [0.29, 0.717) is 0 Å². The highest BCUT2D eigenvalue weighted by Crippen LogP contribution is 2.33. The lowest BCUT2D eigenvalue weighted by atomic mass is 10.3. The summed E-state index contributed by atoms with van der Waals surface area (Å²) in [6.45, 7) is 4.19. The molecule has 4 aromatic heterocycles. The van der Waals surface area contributed by atoms with E-state index in [9.17, 15) is 0 Å². The van der Waals surface area contributed by atoms with E-state index in [1.165, 1.54) is 12.8 Å². The maximum atomic E-state index is 4.79. The zero-order valence-electron chi connectivity index (χ0n) is 14.9. The van der Waals surface area contributed by atoms with Gasteiger partial charge in [0, 0.05) is 44.9 Å². The first-order valence-corrected chi connectivity index (χ1v) is 8.85. The van der Waals surface area contributed by atoms with Crippen LogP contribution in [0.15, 0.2) is 37.1 Å². The van der Waals surface area contributed by atoms with Crippen LogP contribution >= 0.6 is 0 Å². The molecule has 0 saturated carbocycles. The van der Waals surface area contributed by atoms with Crippen molar-refractivity contribution in [3.63, 3.8) is 0 Å². The van der Waals surface area contributed by atoms with E-state index in [-0.39, 0.29) is 0 Å². The molecule has 26 heavy (non-hydrogen) atoms. The van der Waals surface area contributed by atoms with Crippen LogP contribution in [0, 0.1) is 6.92 Å². The van der Waals surface area contributed by atoms with Crippen LogP contribution in [0.5, 0.6) is 0 Å². The second-order valence-electron chi connectivity index (χ2n) is 6.64. The Kier molecular flexibility index (Phi) is 3.31. The molecule has 0 N–H and O–H groups in total. The van der Waals surface area contributed by atoms with Crippen LogP contribution in [0.25, 0.3) is 22.7 Å². The summed E-state index contributed by atoms with van der Waals surface area (Å²) in [5, 5.41) is 9.20. The van der Waals surface area contributed by atoms with E-state index in [2.05, 4.69) is 31.5 Å². The van der Waals surface area contributed by atoms with Gasteiger partial charge in [-0.05, 0) is 25.8 Å². The van der Waals surface area contributed by atoms with E-state index in [1.54, 1.807) is 10.7 Å². The fraction of sp³-hybridized carbons (Fsp3) is 0.333. The monoisotopic (exact) mass is 348 g/mol. The summed E-state index contributed by atoms with van der Waals surface area (Å²) < 4.78 is 5.83. The molecule has 0 radical (unpaired) electrons. The summed E-state index contributed by atoms with van der Waals surface area (Å²) in [7, 11) is 1.99. The molecule has 0 bridgehead atoms. The predicted octanol–water partition coefficient (Wildman–Crippen LogP) is 2.22. The number of fused-ring (bicyclic) bond motifs is 1. The molecule has 5 rings (SSSR count). The van der Waals surface area contributed by atoms with Crippen molar-refractivity contribution >= 4 is 11.5 Å². The fourth-order valence-electron chi connectivity index (χ4n) is 3.67. The third-order valence-corrected chi connectivity index (χ3v) is 5.09. The number of rotatable bonds is 3. The average Bonchev–Trinajstić information content (AvgIpc) is 3.41. The number of hydrogen-bond acceptors (Lipinski definition) is 5. The van der Waals surface area contributed by atoms with Crippen molar-refractivity contribution in [1.29, 1.82) is 0 Å². The molecule has 132 valence electrons. The van der Waals surface area contributed by atoms with Gasteiger partial charge in [-0.1, -0.05) is 0 Å².